The fourth-order valence-corrected chi connectivity index (χ4v) is 2.10. The summed E-state index contributed by atoms with van der Waals surface area (Å²) in [4.78, 5) is 4.31. The van der Waals surface area contributed by atoms with Crippen LogP contribution in [0.25, 0.3) is 16.6 Å². The Morgan fingerprint density at radius 3 is 2.82 bits per heavy atom. The summed E-state index contributed by atoms with van der Waals surface area (Å²) in [6.45, 7) is 0.447. The van der Waals surface area contributed by atoms with E-state index in [2.05, 4.69) is 33.9 Å². The number of rotatable bonds is 2. The summed E-state index contributed by atoms with van der Waals surface area (Å²) in [7, 11) is 0. The van der Waals surface area contributed by atoms with Gasteiger partial charge in [-0.05, 0) is 29.7 Å². The van der Waals surface area contributed by atoms with Gasteiger partial charge in [0.05, 0.1) is 16.9 Å². The molecule has 17 heavy (non-hydrogen) atoms. The van der Waals surface area contributed by atoms with Crippen LogP contribution in [-0.4, -0.2) is 9.55 Å². The zero-order chi connectivity index (χ0) is 11.7. The minimum atomic E-state index is 0.447. The molecule has 0 radical (unpaired) electrons. The molecule has 3 aromatic rings. The van der Waals surface area contributed by atoms with E-state index in [0.29, 0.717) is 6.54 Å². The van der Waals surface area contributed by atoms with Gasteiger partial charge in [-0.25, -0.2) is 0 Å². The quantitative estimate of drug-likeness (QED) is 0.725. The van der Waals surface area contributed by atoms with Crippen molar-refractivity contribution in [1.82, 2.24) is 9.55 Å². The van der Waals surface area contributed by atoms with Gasteiger partial charge in [-0.3, -0.25) is 4.98 Å². The summed E-state index contributed by atoms with van der Waals surface area (Å²) in [5.74, 6) is 0. The first-order valence-corrected chi connectivity index (χ1v) is 5.60. The van der Waals surface area contributed by atoms with Crippen LogP contribution in [0.15, 0.2) is 54.9 Å². The SMILES string of the molecule is NCc1ncccc1-n1ccc2ccccc21. The standard InChI is InChI=1S/C14H13N3/c15-10-12-14(6-3-8-16-12)17-9-7-11-4-1-2-5-13(11)17/h1-9H,10,15H2. The van der Waals surface area contributed by atoms with Crippen LogP contribution in [0, 0.1) is 0 Å². The maximum atomic E-state index is 5.72. The molecule has 0 aliphatic carbocycles. The van der Waals surface area contributed by atoms with Gasteiger partial charge in [0.25, 0.3) is 0 Å². The van der Waals surface area contributed by atoms with Gasteiger partial charge in [0.15, 0.2) is 0 Å². The second-order valence-corrected chi connectivity index (χ2v) is 3.92. The summed E-state index contributed by atoms with van der Waals surface area (Å²) in [6.07, 6.45) is 3.83. The Balaban J connectivity index is 2.27. The van der Waals surface area contributed by atoms with E-state index < -0.39 is 0 Å². The second kappa shape index (κ2) is 4.03. The molecule has 2 aromatic heterocycles. The van der Waals surface area contributed by atoms with E-state index in [0.717, 1.165) is 11.4 Å². The summed E-state index contributed by atoms with van der Waals surface area (Å²) in [5.41, 5.74) is 8.86. The third-order valence-electron chi connectivity index (χ3n) is 2.92. The highest BCUT2D eigenvalue weighted by Gasteiger charge is 2.06. The van der Waals surface area contributed by atoms with E-state index >= 15 is 0 Å². The molecular formula is C14H13N3. The molecule has 3 heteroatoms. The first-order valence-electron chi connectivity index (χ1n) is 5.60. The van der Waals surface area contributed by atoms with Gasteiger partial charge in [-0.1, -0.05) is 18.2 Å². The predicted molar refractivity (Wildman–Crippen MR) is 69.0 cm³/mol. The van der Waals surface area contributed by atoms with Crippen molar-refractivity contribution >= 4 is 10.9 Å². The van der Waals surface area contributed by atoms with Crippen LogP contribution in [0.4, 0.5) is 0 Å². The average Bonchev–Trinajstić information content (AvgIpc) is 2.82. The first kappa shape index (κ1) is 10.1. The molecule has 3 nitrogen and oxygen atoms in total. The maximum Gasteiger partial charge on any atom is 0.0779 e. The minimum absolute atomic E-state index is 0.447. The molecule has 0 spiro atoms. The highest BCUT2D eigenvalue weighted by Crippen LogP contribution is 2.21. The van der Waals surface area contributed by atoms with Gasteiger partial charge < -0.3 is 10.3 Å². The van der Waals surface area contributed by atoms with Crippen LogP contribution in [0.1, 0.15) is 5.69 Å². The third kappa shape index (κ3) is 1.61. The number of para-hydroxylation sites is 1. The van der Waals surface area contributed by atoms with Gasteiger partial charge in [0, 0.05) is 18.9 Å². The van der Waals surface area contributed by atoms with E-state index in [-0.39, 0.29) is 0 Å². The normalized spacial score (nSPS) is 10.9. The van der Waals surface area contributed by atoms with Crippen LogP contribution in [-0.2, 0) is 6.54 Å². The Kier molecular flexibility index (Phi) is 2.38. The summed E-state index contributed by atoms with van der Waals surface area (Å²) < 4.78 is 2.13. The minimum Gasteiger partial charge on any atom is -0.325 e. The second-order valence-electron chi connectivity index (χ2n) is 3.92. The molecule has 0 saturated heterocycles. The molecule has 0 bridgehead atoms. The Hall–Kier alpha value is -2.13. The number of aromatic nitrogens is 2. The number of pyridine rings is 1. The smallest absolute Gasteiger partial charge is 0.0779 e. The fourth-order valence-electron chi connectivity index (χ4n) is 2.10. The van der Waals surface area contributed by atoms with Crippen molar-refractivity contribution < 1.29 is 0 Å². The molecule has 0 amide bonds. The lowest BCUT2D eigenvalue weighted by Crippen LogP contribution is -2.05. The monoisotopic (exact) mass is 223 g/mol. The Morgan fingerprint density at radius 1 is 1.06 bits per heavy atom. The molecular weight excluding hydrogens is 210 g/mol. The molecule has 84 valence electrons. The predicted octanol–water partition coefficient (Wildman–Crippen LogP) is 2.48. The van der Waals surface area contributed by atoms with E-state index in [9.17, 15) is 0 Å². The lowest BCUT2D eigenvalue weighted by atomic mass is 10.2. The number of hydrogen-bond donors (Lipinski definition) is 1. The summed E-state index contributed by atoms with van der Waals surface area (Å²) in [6, 6.07) is 14.4. The lowest BCUT2D eigenvalue weighted by molar-refractivity contribution is 0.946. The van der Waals surface area contributed by atoms with E-state index in [1.165, 1.54) is 10.9 Å². The van der Waals surface area contributed by atoms with Gasteiger partial charge in [-0.2, -0.15) is 0 Å². The molecule has 2 N–H and O–H groups in total. The Morgan fingerprint density at radius 2 is 1.94 bits per heavy atom. The molecule has 3 rings (SSSR count). The zero-order valence-corrected chi connectivity index (χ0v) is 9.38. The number of hydrogen-bond acceptors (Lipinski definition) is 2. The van der Waals surface area contributed by atoms with Crippen LogP contribution >= 0.6 is 0 Å². The molecule has 0 atom stereocenters. The molecule has 0 fully saturated rings. The van der Waals surface area contributed by atoms with Gasteiger partial charge in [-0.15, -0.1) is 0 Å². The van der Waals surface area contributed by atoms with Crippen LogP contribution in [0.5, 0.6) is 0 Å². The zero-order valence-electron chi connectivity index (χ0n) is 9.38. The fraction of sp³-hybridized carbons (Fsp3) is 0.0714. The van der Waals surface area contributed by atoms with Crippen molar-refractivity contribution in [2.24, 2.45) is 5.73 Å². The van der Waals surface area contributed by atoms with E-state index in [1.54, 1.807) is 6.20 Å². The largest absolute Gasteiger partial charge is 0.325 e. The number of benzene rings is 1. The highest BCUT2D eigenvalue weighted by molar-refractivity contribution is 5.82. The van der Waals surface area contributed by atoms with Crippen molar-refractivity contribution in [2.45, 2.75) is 6.54 Å². The van der Waals surface area contributed by atoms with E-state index in [1.807, 2.05) is 24.3 Å². The van der Waals surface area contributed by atoms with Crippen LogP contribution in [0.2, 0.25) is 0 Å². The number of fused-ring (bicyclic) bond motifs is 1. The van der Waals surface area contributed by atoms with Gasteiger partial charge in [0.2, 0.25) is 0 Å². The molecule has 0 unspecified atom stereocenters. The molecule has 0 saturated carbocycles. The van der Waals surface area contributed by atoms with Crippen molar-refractivity contribution in [3.63, 3.8) is 0 Å². The Labute approximate surface area is 99.5 Å². The summed E-state index contributed by atoms with van der Waals surface area (Å²) in [5, 5.41) is 1.22. The Bertz CT molecular complexity index is 655. The molecule has 2 heterocycles. The number of nitrogens with two attached hydrogens (primary N) is 1. The molecule has 0 aliphatic rings. The summed E-state index contributed by atoms with van der Waals surface area (Å²) >= 11 is 0. The average molecular weight is 223 g/mol. The molecule has 0 aliphatic heterocycles. The van der Waals surface area contributed by atoms with Gasteiger partial charge in [0.1, 0.15) is 0 Å². The molecule has 1 aromatic carbocycles. The van der Waals surface area contributed by atoms with Crippen LogP contribution < -0.4 is 5.73 Å². The van der Waals surface area contributed by atoms with E-state index in [4.69, 9.17) is 5.73 Å². The van der Waals surface area contributed by atoms with Crippen molar-refractivity contribution in [1.29, 1.82) is 0 Å². The topological polar surface area (TPSA) is 43.8 Å². The number of nitrogens with zero attached hydrogens (tertiary/aromatic N) is 2. The van der Waals surface area contributed by atoms with Crippen molar-refractivity contribution in [2.75, 3.05) is 0 Å². The third-order valence-corrected chi connectivity index (χ3v) is 2.92. The first-order chi connectivity index (χ1) is 8.40. The highest BCUT2D eigenvalue weighted by atomic mass is 15.0. The van der Waals surface area contributed by atoms with Gasteiger partial charge >= 0.3 is 0 Å². The van der Waals surface area contributed by atoms with Crippen molar-refractivity contribution in [3.8, 4) is 5.69 Å². The lowest BCUT2D eigenvalue weighted by Gasteiger charge is -2.09. The maximum absolute atomic E-state index is 5.72. The van der Waals surface area contributed by atoms with Crippen LogP contribution in [0.3, 0.4) is 0 Å². The van der Waals surface area contributed by atoms with Crippen molar-refractivity contribution in [3.05, 3.63) is 60.6 Å².